The Labute approximate surface area is 219 Å². The molecule has 1 aliphatic carbocycles. The molecule has 0 radical (unpaired) electrons. The minimum atomic E-state index is -3.85. The van der Waals surface area contributed by atoms with Crippen LogP contribution < -0.4 is 15.8 Å². The van der Waals surface area contributed by atoms with Crippen molar-refractivity contribution < 1.29 is 8.42 Å². The molecule has 8 nitrogen and oxygen atoms in total. The zero-order valence-corrected chi connectivity index (χ0v) is 22.1. The lowest BCUT2D eigenvalue weighted by atomic mass is 9.92. The summed E-state index contributed by atoms with van der Waals surface area (Å²) in [6, 6.07) is 11.0. The van der Waals surface area contributed by atoms with Gasteiger partial charge in [-0.2, -0.15) is 0 Å². The molecule has 0 spiro atoms. The lowest BCUT2D eigenvalue weighted by molar-refractivity contribution is 0.410. The largest absolute Gasteiger partial charge is 0.351 e. The standard InChI is InChI=1S/C25H27ClN6O2S2/c1-2-15-11-16(12-17-13-28-24(31-23(15)17)30-19-9-7-18(27)8-10-19)21-14-29-25(35-21)32-36(33,34)22-6-4-3-5-20(22)26/h3-6,11-14,18-19H,2,7-10,27H2,1H3,(H,29,32)(H,28,30,31). The van der Waals surface area contributed by atoms with Crippen LogP contribution in [0.3, 0.4) is 0 Å². The number of rotatable bonds is 7. The lowest BCUT2D eigenvalue weighted by Crippen LogP contribution is -2.33. The third-order valence-electron chi connectivity index (χ3n) is 6.39. The van der Waals surface area contributed by atoms with E-state index in [0.717, 1.165) is 59.0 Å². The Kier molecular flexibility index (Phi) is 7.11. The average molecular weight is 543 g/mol. The lowest BCUT2D eigenvalue weighted by Gasteiger charge is -2.26. The fourth-order valence-corrected chi connectivity index (χ4v) is 7.00. The van der Waals surface area contributed by atoms with Crippen molar-refractivity contribution in [3.63, 3.8) is 0 Å². The number of nitrogens with two attached hydrogens (primary N) is 1. The Morgan fingerprint density at radius 2 is 1.89 bits per heavy atom. The van der Waals surface area contributed by atoms with E-state index in [2.05, 4.69) is 33.0 Å². The van der Waals surface area contributed by atoms with Crippen molar-refractivity contribution in [3.05, 3.63) is 59.4 Å². The molecule has 4 aromatic rings. The second-order valence-electron chi connectivity index (χ2n) is 8.94. The van der Waals surface area contributed by atoms with E-state index in [9.17, 15) is 8.42 Å². The van der Waals surface area contributed by atoms with E-state index in [1.165, 1.54) is 17.4 Å². The van der Waals surface area contributed by atoms with Crippen LogP contribution in [-0.4, -0.2) is 35.5 Å². The minimum Gasteiger partial charge on any atom is -0.351 e. The number of sulfonamides is 1. The van der Waals surface area contributed by atoms with Gasteiger partial charge in [-0.15, -0.1) is 0 Å². The third kappa shape index (κ3) is 5.31. The first kappa shape index (κ1) is 24.9. The molecular formula is C25H27ClN6O2S2. The minimum absolute atomic E-state index is 0.0139. The van der Waals surface area contributed by atoms with Gasteiger partial charge >= 0.3 is 0 Å². The summed E-state index contributed by atoms with van der Waals surface area (Å²) in [5.74, 6) is 0.638. The van der Waals surface area contributed by atoms with Crippen molar-refractivity contribution in [2.75, 3.05) is 10.0 Å². The van der Waals surface area contributed by atoms with E-state index in [1.54, 1.807) is 24.4 Å². The molecule has 1 aliphatic rings. The predicted octanol–water partition coefficient (Wildman–Crippen LogP) is 5.45. The molecule has 36 heavy (non-hydrogen) atoms. The first-order valence-electron chi connectivity index (χ1n) is 11.9. The number of thiazole rings is 1. The molecule has 0 unspecified atom stereocenters. The Morgan fingerprint density at radius 1 is 1.11 bits per heavy atom. The fourth-order valence-electron chi connectivity index (χ4n) is 4.43. The quantitative estimate of drug-likeness (QED) is 0.283. The van der Waals surface area contributed by atoms with Gasteiger partial charge in [0.05, 0.1) is 15.4 Å². The number of hydrogen-bond donors (Lipinski definition) is 3. The number of aryl methyl sites for hydroxylation is 1. The van der Waals surface area contributed by atoms with E-state index in [-0.39, 0.29) is 15.0 Å². The molecule has 11 heteroatoms. The molecule has 4 N–H and O–H groups in total. The number of nitrogens with zero attached hydrogens (tertiary/aromatic N) is 3. The van der Waals surface area contributed by atoms with Gasteiger partial charge in [-0.05, 0) is 67.5 Å². The van der Waals surface area contributed by atoms with E-state index < -0.39 is 10.0 Å². The summed E-state index contributed by atoms with van der Waals surface area (Å²) in [7, 11) is -3.85. The zero-order chi connectivity index (χ0) is 25.3. The van der Waals surface area contributed by atoms with Crippen LogP contribution in [0, 0.1) is 0 Å². The Hall–Kier alpha value is -2.79. The SMILES string of the molecule is CCc1cc(-c2cnc(NS(=O)(=O)c3ccccc3Cl)s2)cc2cnc(NC3CCC(N)CC3)nc12. The Morgan fingerprint density at radius 3 is 2.64 bits per heavy atom. The van der Waals surface area contributed by atoms with Crippen LogP contribution in [0.25, 0.3) is 21.3 Å². The summed E-state index contributed by atoms with van der Waals surface area (Å²) in [5, 5.41) is 4.82. The van der Waals surface area contributed by atoms with Crippen molar-refractivity contribution in [2.45, 2.75) is 56.0 Å². The third-order valence-corrected chi connectivity index (χ3v) is 9.32. The van der Waals surface area contributed by atoms with Gasteiger partial charge in [0.1, 0.15) is 4.90 Å². The van der Waals surface area contributed by atoms with Gasteiger partial charge in [0.15, 0.2) is 5.13 Å². The monoisotopic (exact) mass is 542 g/mol. The van der Waals surface area contributed by atoms with Crippen LogP contribution in [-0.2, 0) is 16.4 Å². The fraction of sp³-hybridized carbons (Fsp3) is 0.320. The summed E-state index contributed by atoms with van der Waals surface area (Å²) >= 11 is 7.34. The number of hydrogen-bond acceptors (Lipinski definition) is 8. The van der Waals surface area contributed by atoms with Crippen molar-refractivity contribution in [1.82, 2.24) is 15.0 Å². The summed E-state index contributed by atoms with van der Waals surface area (Å²) in [4.78, 5) is 14.5. The highest BCUT2D eigenvalue weighted by Crippen LogP contribution is 2.34. The molecule has 1 saturated carbocycles. The van der Waals surface area contributed by atoms with Crippen molar-refractivity contribution >= 4 is 54.9 Å². The van der Waals surface area contributed by atoms with E-state index in [1.807, 2.05) is 12.3 Å². The molecule has 1 fully saturated rings. The summed E-state index contributed by atoms with van der Waals surface area (Å²) < 4.78 is 28.1. The highest BCUT2D eigenvalue weighted by molar-refractivity contribution is 7.93. The van der Waals surface area contributed by atoms with Crippen LogP contribution in [0.4, 0.5) is 11.1 Å². The zero-order valence-electron chi connectivity index (χ0n) is 19.7. The second kappa shape index (κ2) is 10.3. The number of anilines is 2. The summed E-state index contributed by atoms with van der Waals surface area (Å²) in [6.45, 7) is 2.09. The van der Waals surface area contributed by atoms with Gasteiger partial charge < -0.3 is 11.1 Å². The van der Waals surface area contributed by atoms with Crippen LogP contribution in [0.5, 0.6) is 0 Å². The number of fused-ring (bicyclic) bond motifs is 1. The molecule has 0 saturated heterocycles. The smallest absolute Gasteiger partial charge is 0.265 e. The van der Waals surface area contributed by atoms with Gasteiger partial charge in [0.2, 0.25) is 5.95 Å². The highest BCUT2D eigenvalue weighted by atomic mass is 35.5. The van der Waals surface area contributed by atoms with Gasteiger partial charge in [-0.3, -0.25) is 4.72 Å². The molecule has 0 amide bonds. The van der Waals surface area contributed by atoms with Crippen LogP contribution >= 0.6 is 22.9 Å². The normalized spacial score (nSPS) is 18.3. The average Bonchev–Trinajstić information content (AvgIpc) is 3.32. The maximum Gasteiger partial charge on any atom is 0.265 e. The van der Waals surface area contributed by atoms with Gasteiger partial charge in [-0.25, -0.2) is 23.4 Å². The second-order valence-corrected chi connectivity index (χ2v) is 12.0. The molecule has 0 atom stereocenters. The molecule has 0 bridgehead atoms. The maximum absolute atomic E-state index is 12.8. The predicted molar refractivity (Wildman–Crippen MR) is 146 cm³/mol. The molecule has 0 aliphatic heterocycles. The molecule has 5 rings (SSSR count). The highest BCUT2D eigenvalue weighted by Gasteiger charge is 2.21. The van der Waals surface area contributed by atoms with Crippen LogP contribution in [0.1, 0.15) is 38.2 Å². The van der Waals surface area contributed by atoms with E-state index in [0.29, 0.717) is 18.0 Å². The van der Waals surface area contributed by atoms with Crippen molar-refractivity contribution in [2.24, 2.45) is 5.73 Å². The molecule has 2 heterocycles. The maximum atomic E-state index is 12.8. The Bertz CT molecular complexity index is 1500. The topological polar surface area (TPSA) is 123 Å². The van der Waals surface area contributed by atoms with Gasteiger partial charge in [0.25, 0.3) is 10.0 Å². The van der Waals surface area contributed by atoms with Crippen molar-refractivity contribution in [1.29, 1.82) is 0 Å². The number of aromatic nitrogens is 3. The van der Waals surface area contributed by atoms with Gasteiger partial charge in [0, 0.05) is 29.9 Å². The van der Waals surface area contributed by atoms with Crippen molar-refractivity contribution in [3.8, 4) is 10.4 Å². The molecule has 2 aromatic heterocycles. The molecule has 188 valence electrons. The number of benzene rings is 2. The van der Waals surface area contributed by atoms with Gasteiger partial charge in [-0.1, -0.05) is 42.0 Å². The summed E-state index contributed by atoms with van der Waals surface area (Å²) in [6.07, 6.45) is 8.38. The summed E-state index contributed by atoms with van der Waals surface area (Å²) in [5.41, 5.74) is 8.96. The molecule has 2 aromatic carbocycles. The van der Waals surface area contributed by atoms with Crippen LogP contribution in [0.15, 0.2) is 53.7 Å². The number of nitrogens with one attached hydrogen (secondary N) is 2. The first-order chi connectivity index (χ1) is 17.3. The van der Waals surface area contributed by atoms with E-state index in [4.69, 9.17) is 22.3 Å². The molecular weight excluding hydrogens is 516 g/mol. The number of halogens is 1. The Balaban J connectivity index is 1.39. The first-order valence-corrected chi connectivity index (χ1v) is 14.6. The van der Waals surface area contributed by atoms with E-state index >= 15 is 0 Å². The van der Waals surface area contributed by atoms with Crippen LogP contribution in [0.2, 0.25) is 5.02 Å².